The zero-order chi connectivity index (χ0) is 15.9. The van der Waals surface area contributed by atoms with E-state index < -0.39 is 5.60 Å². The minimum atomic E-state index is -0.783. The number of aliphatic hydroxyl groups is 1. The van der Waals surface area contributed by atoms with E-state index in [0.29, 0.717) is 18.4 Å². The van der Waals surface area contributed by atoms with Crippen molar-refractivity contribution in [2.45, 2.75) is 53.1 Å². The van der Waals surface area contributed by atoms with Crippen molar-refractivity contribution < 1.29 is 5.11 Å². The second-order valence-electron chi connectivity index (χ2n) is 7.28. The predicted octanol–water partition coefficient (Wildman–Crippen LogP) is 4.29. The van der Waals surface area contributed by atoms with E-state index in [-0.39, 0.29) is 0 Å². The van der Waals surface area contributed by atoms with Gasteiger partial charge in [0.05, 0.1) is 5.60 Å². The van der Waals surface area contributed by atoms with Crippen LogP contribution in [-0.4, -0.2) is 29.6 Å². The van der Waals surface area contributed by atoms with E-state index in [1.807, 2.05) is 37.3 Å². The highest BCUT2D eigenvalue weighted by Crippen LogP contribution is 2.22. The molecule has 2 heteroatoms. The fourth-order valence-electron chi connectivity index (χ4n) is 2.48. The Hall–Kier alpha value is -0.860. The van der Waals surface area contributed by atoms with Gasteiger partial charge in [0.2, 0.25) is 0 Å². The van der Waals surface area contributed by atoms with Gasteiger partial charge in [0.15, 0.2) is 0 Å². The summed E-state index contributed by atoms with van der Waals surface area (Å²) in [5.41, 5.74) is 0.221. The van der Waals surface area contributed by atoms with Crippen molar-refractivity contribution in [3.05, 3.63) is 35.9 Å². The predicted molar refractivity (Wildman–Crippen MR) is 91.4 cm³/mol. The lowest BCUT2D eigenvalue weighted by Gasteiger charge is -2.33. The van der Waals surface area contributed by atoms with Crippen molar-refractivity contribution in [2.75, 3.05) is 19.6 Å². The van der Waals surface area contributed by atoms with Crippen LogP contribution in [0.1, 0.15) is 53.0 Å². The van der Waals surface area contributed by atoms with E-state index in [4.69, 9.17) is 0 Å². The molecular formula is C19H33NO. The van der Waals surface area contributed by atoms with Crippen molar-refractivity contribution in [3.8, 4) is 0 Å². The van der Waals surface area contributed by atoms with Gasteiger partial charge < -0.3 is 10.0 Å². The molecule has 0 radical (unpaired) electrons. The van der Waals surface area contributed by atoms with Gasteiger partial charge in [-0.3, -0.25) is 0 Å². The van der Waals surface area contributed by atoms with Crippen molar-refractivity contribution in [1.29, 1.82) is 0 Å². The zero-order valence-electron chi connectivity index (χ0n) is 14.5. The Morgan fingerprint density at radius 2 is 1.43 bits per heavy atom. The van der Waals surface area contributed by atoms with E-state index in [1.165, 1.54) is 12.8 Å². The fourth-order valence-corrected chi connectivity index (χ4v) is 2.48. The molecule has 1 rings (SSSR count). The van der Waals surface area contributed by atoms with Gasteiger partial charge in [-0.2, -0.15) is 0 Å². The Labute approximate surface area is 131 Å². The Balaban J connectivity index is 2.68. The van der Waals surface area contributed by atoms with Gasteiger partial charge >= 0.3 is 0 Å². The third-order valence-corrected chi connectivity index (χ3v) is 3.97. The smallest absolute Gasteiger partial charge is 0.0994 e. The van der Waals surface area contributed by atoms with Crippen LogP contribution in [0.15, 0.2) is 30.3 Å². The second-order valence-corrected chi connectivity index (χ2v) is 7.28. The maximum atomic E-state index is 10.8. The molecule has 0 aliphatic carbocycles. The highest BCUT2D eigenvalue weighted by atomic mass is 16.3. The van der Waals surface area contributed by atoms with Crippen molar-refractivity contribution >= 4 is 0 Å². The quantitative estimate of drug-likeness (QED) is 0.733. The van der Waals surface area contributed by atoms with Crippen LogP contribution < -0.4 is 0 Å². The third kappa shape index (κ3) is 7.10. The summed E-state index contributed by atoms with van der Waals surface area (Å²) >= 11 is 0. The highest BCUT2D eigenvalue weighted by molar-refractivity contribution is 5.21. The van der Waals surface area contributed by atoms with Crippen LogP contribution in [0.5, 0.6) is 0 Å². The van der Waals surface area contributed by atoms with Gasteiger partial charge in [0.1, 0.15) is 0 Å². The van der Waals surface area contributed by atoms with Crippen molar-refractivity contribution in [1.82, 2.24) is 4.90 Å². The third-order valence-electron chi connectivity index (χ3n) is 3.97. The van der Waals surface area contributed by atoms with Crippen LogP contribution in [0.4, 0.5) is 0 Å². The molecule has 2 nitrogen and oxygen atoms in total. The number of hydrogen-bond acceptors (Lipinski definition) is 2. The van der Waals surface area contributed by atoms with E-state index >= 15 is 0 Å². The normalized spacial score (nSPS) is 14.9. The Morgan fingerprint density at radius 3 is 1.86 bits per heavy atom. The van der Waals surface area contributed by atoms with Crippen LogP contribution in [0.2, 0.25) is 0 Å². The lowest BCUT2D eigenvalue weighted by molar-refractivity contribution is 0.0133. The average Bonchev–Trinajstić information content (AvgIpc) is 2.42. The first-order valence-corrected chi connectivity index (χ1v) is 8.31. The van der Waals surface area contributed by atoms with Gasteiger partial charge in [-0.15, -0.1) is 0 Å². The van der Waals surface area contributed by atoms with E-state index in [2.05, 4.69) is 32.6 Å². The molecule has 1 atom stereocenters. The van der Waals surface area contributed by atoms with Crippen LogP contribution in [0, 0.1) is 11.8 Å². The van der Waals surface area contributed by atoms with Gasteiger partial charge in [-0.25, -0.2) is 0 Å². The summed E-state index contributed by atoms with van der Waals surface area (Å²) in [4.78, 5) is 2.42. The molecule has 0 aliphatic heterocycles. The fraction of sp³-hybridized carbons (Fsp3) is 0.684. The van der Waals surface area contributed by atoms with Gasteiger partial charge in [-0.1, -0.05) is 58.0 Å². The first-order chi connectivity index (χ1) is 9.81. The first-order valence-electron chi connectivity index (χ1n) is 8.31. The molecule has 0 saturated heterocycles. The van der Waals surface area contributed by atoms with Gasteiger partial charge in [0.25, 0.3) is 0 Å². The maximum Gasteiger partial charge on any atom is 0.0994 e. The number of hydrogen-bond donors (Lipinski definition) is 1. The molecule has 0 saturated carbocycles. The number of rotatable bonds is 9. The molecule has 1 aromatic rings. The largest absolute Gasteiger partial charge is 0.384 e. The van der Waals surface area contributed by atoms with Crippen LogP contribution >= 0.6 is 0 Å². The van der Waals surface area contributed by atoms with Crippen LogP contribution in [0.25, 0.3) is 0 Å². The molecular weight excluding hydrogens is 258 g/mol. The molecule has 0 spiro atoms. The van der Waals surface area contributed by atoms with E-state index in [1.54, 1.807) is 0 Å². The monoisotopic (exact) mass is 291 g/mol. The minimum absolute atomic E-state index is 0.702. The number of benzene rings is 1. The Kier molecular flexibility index (Phi) is 7.41. The maximum absolute atomic E-state index is 10.8. The summed E-state index contributed by atoms with van der Waals surface area (Å²) in [5.74, 6) is 1.40. The minimum Gasteiger partial charge on any atom is -0.384 e. The zero-order valence-corrected chi connectivity index (χ0v) is 14.5. The summed E-state index contributed by atoms with van der Waals surface area (Å²) in [7, 11) is 0. The van der Waals surface area contributed by atoms with Crippen molar-refractivity contribution in [3.63, 3.8) is 0 Å². The van der Waals surface area contributed by atoms with Gasteiger partial charge in [0, 0.05) is 6.54 Å². The van der Waals surface area contributed by atoms with E-state index in [0.717, 1.165) is 18.7 Å². The first kappa shape index (κ1) is 18.2. The summed E-state index contributed by atoms with van der Waals surface area (Å²) in [6.07, 6.45) is 2.37. The van der Waals surface area contributed by atoms with Gasteiger partial charge in [-0.05, 0) is 50.3 Å². The summed E-state index contributed by atoms with van der Waals surface area (Å²) < 4.78 is 0. The molecule has 0 aromatic heterocycles. The summed E-state index contributed by atoms with van der Waals surface area (Å²) in [6.45, 7) is 13.8. The summed E-state index contributed by atoms with van der Waals surface area (Å²) in [6, 6.07) is 10.0. The molecule has 0 heterocycles. The van der Waals surface area contributed by atoms with Crippen molar-refractivity contribution in [2.24, 2.45) is 11.8 Å². The lowest BCUT2D eigenvalue weighted by Crippen LogP contribution is -2.40. The standard InChI is InChI=1S/C19H33NO/c1-16(2)11-13-20(14-12-17(3)4)15-19(5,21)18-9-7-6-8-10-18/h6-10,16-17,21H,11-15H2,1-5H3. The second kappa shape index (κ2) is 8.55. The van der Waals surface area contributed by atoms with E-state index in [9.17, 15) is 5.11 Å². The lowest BCUT2D eigenvalue weighted by atomic mass is 9.95. The molecule has 120 valence electrons. The molecule has 0 aliphatic rings. The topological polar surface area (TPSA) is 23.5 Å². The Bertz CT molecular complexity index is 372. The SMILES string of the molecule is CC(C)CCN(CCC(C)C)CC(C)(O)c1ccccc1. The molecule has 1 unspecified atom stereocenters. The summed E-state index contributed by atoms with van der Waals surface area (Å²) in [5, 5.41) is 10.8. The molecule has 0 amide bonds. The molecule has 21 heavy (non-hydrogen) atoms. The average molecular weight is 291 g/mol. The number of nitrogens with zero attached hydrogens (tertiary/aromatic N) is 1. The highest BCUT2D eigenvalue weighted by Gasteiger charge is 2.26. The van der Waals surface area contributed by atoms with Crippen LogP contribution in [-0.2, 0) is 5.60 Å². The molecule has 1 N–H and O–H groups in total. The molecule has 0 bridgehead atoms. The molecule has 0 fully saturated rings. The van der Waals surface area contributed by atoms with Crippen LogP contribution in [0.3, 0.4) is 0 Å². The Morgan fingerprint density at radius 1 is 0.952 bits per heavy atom. The molecule has 1 aromatic carbocycles.